The number of carbonyl (C=O) groups is 1. The molecule has 0 atom stereocenters. The van der Waals surface area contributed by atoms with Crippen molar-refractivity contribution < 1.29 is 14.3 Å². The van der Waals surface area contributed by atoms with Crippen molar-refractivity contribution in [2.24, 2.45) is 14.1 Å². The molecule has 3 heterocycles. The van der Waals surface area contributed by atoms with E-state index in [-0.39, 0.29) is 5.69 Å². The van der Waals surface area contributed by atoms with Crippen LogP contribution in [0.5, 0.6) is 11.5 Å². The highest BCUT2D eigenvalue weighted by Gasteiger charge is 2.22. The van der Waals surface area contributed by atoms with Gasteiger partial charge >= 0.3 is 5.69 Å². The first-order chi connectivity index (χ1) is 15.9. The van der Waals surface area contributed by atoms with E-state index in [1.165, 1.54) is 17.7 Å². The lowest BCUT2D eigenvalue weighted by molar-refractivity contribution is 0.101. The Bertz CT molecular complexity index is 1500. The van der Waals surface area contributed by atoms with Crippen LogP contribution in [-0.2, 0) is 20.6 Å². The van der Waals surface area contributed by atoms with Crippen molar-refractivity contribution in [3.63, 3.8) is 0 Å². The molecule has 4 aromatic rings. The second-order valence-electron chi connectivity index (χ2n) is 7.86. The van der Waals surface area contributed by atoms with E-state index in [0.717, 1.165) is 10.1 Å². The molecule has 1 N–H and O–H groups in total. The highest BCUT2D eigenvalue weighted by Crippen LogP contribution is 2.33. The van der Waals surface area contributed by atoms with E-state index >= 15 is 0 Å². The summed E-state index contributed by atoms with van der Waals surface area (Å²) in [5, 5.41) is 3.17. The SMILES string of the molecule is Cn1c(=O)c2cc(C(=O)Nc3ccc4c(c3)OCCO4)n(Cc3ccccc3)c2n(C)c1=O. The van der Waals surface area contributed by atoms with E-state index in [1.54, 1.807) is 29.8 Å². The van der Waals surface area contributed by atoms with Gasteiger partial charge in [0.2, 0.25) is 0 Å². The number of nitrogens with zero attached hydrogens (tertiary/aromatic N) is 3. The zero-order valence-corrected chi connectivity index (χ0v) is 18.2. The first kappa shape index (κ1) is 20.6. The number of hydrogen-bond donors (Lipinski definition) is 1. The standard InChI is InChI=1S/C24H22N4O5/c1-26-22-17(23(30)27(2)24(26)31)13-18(28(22)14-15-6-4-3-5-7-15)21(29)25-16-8-9-19-20(12-16)33-11-10-32-19/h3-9,12-13H,10-11,14H2,1-2H3,(H,25,29). The molecule has 168 valence electrons. The summed E-state index contributed by atoms with van der Waals surface area (Å²) in [5.41, 5.74) is 1.20. The van der Waals surface area contributed by atoms with Crippen LogP contribution < -0.4 is 26.0 Å². The third-order valence-electron chi connectivity index (χ3n) is 5.71. The molecule has 2 aromatic heterocycles. The van der Waals surface area contributed by atoms with E-state index in [1.807, 2.05) is 30.3 Å². The maximum Gasteiger partial charge on any atom is 0.332 e. The Morgan fingerprint density at radius 1 is 0.939 bits per heavy atom. The van der Waals surface area contributed by atoms with Gasteiger partial charge in [0.1, 0.15) is 24.6 Å². The third-order valence-corrected chi connectivity index (χ3v) is 5.71. The largest absolute Gasteiger partial charge is 0.486 e. The molecule has 2 aromatic carbocycles. The molecule has 1 aliphatic heterocycles. The van der Waals surface area contributed by atoms with Crippen molar-refractivity contribution >= 4 is 22.6 Å². The average Bonchev–Trinajstić information content (AvgIpc) is 3.21. The summed E-state index contributed by atoms with van der Waals surface area (Å²) in [6.45, 7) is 1.23. The van der Waals surface area contributed by atoms with Crippen LogP contribution in [0.25, 0.3) is 11.0 Å². The molecule has 0 radical (unpaired) electrons. The van der Waals surface area contributed by atoms with Gasteiger partial charge in [0.15, 0.2) is 11.5 Å². The van der Waals surface area contributed by atoms with E-state index in [9.17, 15) is 14.4 Å². The molecular formula is C24H22N4O5. The number of ether oxygens (including phenoxy) is 2. The number of amides is 1. The molecule has 5 rings (SSSR count). The van der Waals surface area contributed by atoms with Gasteiger partial charge in [-0.3, -0.25) is 18.7 Å². The average molecular weight is 446 g/mol. The molecular weight excluding hydrogens is 424 g/mol. The normalized spacial score (nSPS) is 12.7. The van der Waals surface area contributed by atoms with Crippen LogP contribution >= 0.6 is 0 Å². The van der Waals surface area contributed by atoms with Crippen LogP contribution in [0.2, 0.25) is 0 Å². The maximum atomic E-state index is 13.4. The highest BCUT2D eigenvalue weighted by atomic mass is 16.6. The molecule has 0 unspecified atom stereocenters. The predicted octanol–water partition coefficient (Wildman–Crippen LogP) is 2.11. The molecule has 0 bridgehead atoms. The van der Waals surface area contributed by atoms with Crippen molar-refractivity contribution in [2.75, 3.05) is 18.5 Å². The van der Waals surface area contributed by atoms with E-state index in [2.05, 4.69) is 5.32 Å². The zero-order valence-electron chi connectivity index (χ0n) is 18.2. The van der Waals surface area contributed by atoms with Gasteiger partial charge in [-0.05, 0) is 23.8 Å². The van der Waals surface area contributed by atoms with Gasteiger partial charge in [-0.15, -0.1) is 0 Å². The number of aromatic nitrogens is 3. The summed E-state index contributed by atoms with van der Waals surface area (Å²) in [6.07, 6.45) is 0. The first-order valence-electron chi connectivity index (χ1n) is 10.5. The zero-order chi connectivity index (χ0) is 23.1. The van der Waals surface area contributed by atoms with Gasteiger partial charge in [-0.1, -0.05) is 30.3 Å². The van der Waals surface area contributed by atoms with Gasteiger partial charge < -0.3 is 19.4 Å². The fraction of sp³-hybridized carbons (Fsp3) is 0.208. The van der Waals surface area contributed by atoms with E-state index < -0.39 is 17.2 Å². The van der Waals surface area contributed by atoms with Gasteiger partial charge in [-0.25, -0.2) is 4.79 Å². The first-order valence-corrected chi connectivity index (χ1v) is 10.5. The van der Waals surface area contributed by atoms with Crippen LogP contribution in [-0.4, -0.2) is 32.8 Å². The second kappa shape index (κ2) is 8.01. The molecule has 0 saturated heterocycles. The third kappa shape index (κ3) is 3.57. The Morgan fingerprint density at radius 3 is 2.42 bits per heavy atom. The molecule has 1 amide bonds. The Morgan fingerprint density at radius 2 is 1.67 bits per heavy atom. The lowest BCUT2D eigenvalue weighted by Crippen LogP contribution is -2.37. The van der Waals surface area contributed by atoms with Gasteiger partial charge in [0, 0.05) is 32.4 Å². The minimum absolute atomic E-state index is 0.266. The summed E-state index contributed by atoms with van der Waals surface area (Å²) < 4.78 is 15.3. The van der Waals surface area contributed by atoms with Crippen LogP contribution in [0.15, 0.2) is 64.2 Å². The molecule has 1 aliphatic rings. The fourth-order valence-electron chi connectivity index (χ4n) is 4.07. The quantitative estimate of drug-likeness (QED) is 0.518. The van der Waals surface area contributed by atoms with E-state index in [4.69, 9.17) is 9.47 Å². The molecule has 9 nitrogen and oxygen atoms in total. The summed E-state index contributed by atoms with van der Waals surface area (Å²) in [4.78, 5) is 38.8. The van der Waals surface area contributed by atoms with Crippen LogP contribution in [0, 0.1) is 0 Å². The number of anilines is 1. The summed E-state index contributed by atoms with van der Waals surface area (Å²) >= 11 is 0. The number of carbonyl (C=O) groups excluding carboxylic acids is 1. The van der Waals surface area contributed by atoms with Gasteiger partial charge in [0.25, 0.3) is 11.5 Å². The minimum Gasteiger partial charge on any atom is -0.486 e. The van der Waals surface area contributed by atoms with Crippen LogP contribution in [0.3, 0.4) is 0 Å². The number of fused-ring (bicyclic) bond motifs is 2. The molecule has 0 spiro atoms. The van der Waals surface area contributed by atoms with Gasteiger partial charge in [-0.2, -0.15) is 0 Å². The monoisotopic (exact) mass is 446 g/mol. The minimum atomic E-state index is -0.460. The Hall–Kier alpha value is -4.27. The number of hydrogen-bond acceptors (Lipinski definition) is 5. The number of benzene rings is 2. The Balaban J connectivity index is 1.62. The van der Waals surface area contributed by atoms with E-state index in [0.29, 0.717) is 48.0 Å². The molecule has 33 heavy (non-hydrogen) atoms. The van der Waals surface area contributed by atoms with Crippen molar-refractivity contribution in [1.29, 1.82) is 0 Å². The number of nitrogens with one attached hydrogen (secondary N) is 1. The summed E-state index contributed by atoms with van der Waals surface area (Å²) in [5.74, 6) is 0.768. The van der Waals surface area contributed by atoms with Crippen LogP contribution in [0.4, 0.5) is 5.69 Å². The molecule has 0 saturated carbocycles. The molecule has 0 fully saturated rings. The Labute approximate surface area is 188 Å². The number of aryl methyl sites for hydroxylation is 1. The topological polar surface area (TPSA) is 96.5 Å². The van der Waals surface area contributed by atoms with Crippen molar-refractivity contribution in [3.05, 3.63) is 86.7 Å². The maximum absolute atomic E-state index is 13.4. The highest BCUT2D eigenvalue weighted by molar-refractivity contribution is 6.06. The predicted molar refractivity (Wildman–Crippen MR) is 123 cm³/mol. The lowest BCUT2D eigenvalue weighted by Gasteiger charge is -2.19. The van der Waals surface area contributed by atoms with Gasteiger partial charge in [0.05, 0.1) is 5.39 Å². The van der Waals surface area contributed by atoms with Crippen molar-refractivity contribution in [2.45, 2.75) is 6.54 Å². The Kier molecular flexibility index (Phi) is 5.01. The molecule has 0 aliphatic carbocycles. The van der Waals surface area contributed by atoms with Crippen molar-refractivity contribution in [1.82, 2.24) is 13.7 Å². The van der Waals surface area contributed by atoms with Crippen molar-refractivity contribution in [3.8, 4) is 11.5 Å². The number of rotatable bonds is 4. The second-order valence-corrected chi connectivity index (χ2v) is 7.86. The molecule has 9 heteroatoms. The summed E-state index contributed by atoms with van der Waals surface area (Å²) in [7, 11) is 3.02. The van der Waals surface area contributed by atoms with Crippen LogP contribution in [0.1, 0.15) is 16.1 Å². The summed E-state index contributed by atoms with van der Waals surface area (Å²) in [6, 6.07) is 16.2. The fourth-order valence-corrected chi connectivity index (χ4v) is 4.07. The smallest absolute Gasteiger partial charge is 0.332 e. The lowest BCUT2D eigenvalue weighted by atomic mass is 10.2.